The van der Waals surface area contributed by atoms with Crippen LogP contribution in [0.25, 0.3) is 0 Å². The number of piperazine rings is 1. The van der Waals surface area contributed by atoms with Crippen molar-refractivity contribution in [3.8, 4) is 5.75 Å². The normalized spacial score (nSPS) is 25.4. The van der Waals surface area contributed by atoms with E-state index >= 15 is 0 Å². The minimum absolute atomic E-state index is 0.271. The predicted octanol–water partition coefficient (Wildman–Crippen LogP) is 1.97. The summed E-state index contributed by atoms with van der Waals surface area (Å²) in [6.07, 6.45) is 0. The molecule has 0 spiro atoms. The molecule has 4 heteroatoms. The number of halogens is 1. The summed E-state index contributed by atoms with van der Waals surface area (Å²) < 4.78 is 5.14. The molecule has 3 nitrogen and oxygen atoms in total. The van der Waals surface area contributed by atoms with Crippen LogP contribution >= 0.6 is 11.6 Å². The SMILES string of the molecule is COc1ccc(C2NCCNC2C)c(Cl)c1. The number of methoxy groups -OCH3 is 1. The first-order chi connectivity index (χ1) is 7.72. The average Bonchev–Trinajstić information content (AvgIpc) is 2.30. The second-order valence-electron chi connectivity index (χ2n) is 4.06. The van der Waals surface area contributed by atoms with Gasteiger partial charge in [-0.1, -0.05) is 17.7 Å². The van der Waals surface area contributed by atoms with Crippen molar-refractivity contribution in [2.75, 3.05) is 20.2 Å². The van der Waals surface area contributed by atoms with Crippen molar-refractivity contribution >= 4 is 11.6 Å². The van der Waals surface area contributed by atoms with E-state index in [0.717, 1.165) is 29.4 Å². The smallest absolute Gasteiger partial charge is 0.120 e. The van der Waals surface area contributed by atoms with E-state index in [2.05, 4.69) is 17.6 Å². The number of ether oxygens (including phenoxy) is 1. The minimum Gasteiger partial charge on any atom is -0.497 e. The van der Waals surface area contributed by atoms with Crippen molar-refractivity contribution in [3.63, 3.8) is 0 Å². The molecule has 1 aromatic carbocycles. The standard InChI is InChI=1S/C12H17ClN2O/c1-8-12(15-6-5-14-8)10-4-3-9(16-2)7-11(10)13/h3-4,7-8,12,14-15H,5-6H2,1-2H3. The van der Waals surface area contributed by atoms with Gasteiger partial charge >= 0.3 is 0 Å². The Morgan fingerprint density at radius 2 is 2.06 bits per heavy atom. The summed E-state index contributed by atoms with van der Waals surface area (Å²) >= 11 is 6.26. The lowest BCUT2D eigenvalue weighted by Crippen LogP contribution is -2.49. The lowest BCUT2D eigenvalue weighted by molar-refractivity contribution is 0.345. The maximum Gasteiger partial charge on any atom is 0.120 e. The zero-order valence-electron chi connectivity index (χ0n) is 9.59. The number of nitrogens with one attached hydrogen (secondary N) is 2. The van der Waals surface area contributed by atoms with E-state index < -0.39 is 0 Å². The fraction of sp³-hybridized carbons (Fsp3) is 0.500. The van der Waals surface area contributed by atoms with E-state index in [1.165, 1.54) is 0 Å². The van der Waals surface area contributed by atoms with Gasteiger partial charge in [-0.2, -0.15) is 0 Å². The van der Waals surface area contributed by atoms with Crippen molar-refractivity contribution < 1.29 is 4.74 Å². The third-order valence-corrected chi connectivity index (χ3v) is 3.33. The second kappa shape index (κ2) is 5.04. The van der Waals surface area contributed by atoms with Crippen molar-refractivity contribution in [1.29, 1.82) is 0 Å². The molecule has 1 fully saturated rings. The molecule has 1 aliphatic heterocycles. The zero-order valence-corrected chi connectivity index (χ0v) is 10.3. The molecule has 0 bridgehead atoms. The van der Waals surface area contributed by atoms with Crippen LogP contribution in [-0.2, 0) is 0 Å². The average molecular weight is 241 g/mol. The van der Waals surface area contributed by atoms with Gasteiger partial charge in [-0.3, -0.25) is 0 Å². The molecule has 2 atom stereocenters. The van der Waals surface area contributed by atoms with Gasteiger partial charge in [-0.25, -0.2) is 0 Å². The van der Waals surface area contributed by atoms with E-state index in [4.69, 9.17) is 16.3 Å². The molecule has 1 aliphatic rings. The first-order valence-corrected chi connectivity index (χ1v) is 5.90. The molecule has 88 valence electrons. The highest BCUT2D eigenvalue weighted by atomic mass is 35.5. The van der Waals surface area contributed by atoms with E-state index in [-0.39, 0.29) is 6.04 Å². The summed E-state index contributed by atoms with van der Waals surface area (Å²) in [6.45, 7) is 4.14. The molecular formula is C12H17ClN2O. The minimum atomic E-state index is 0.271. The maximum atomic E-state index is 6.26. The summed E-state index contributed by atoms with van der Waals surface area (Å²) in [5, 5.41) is 7.67. The largest absolute Gasteiger partial charge is 0.497 e. The first-order valence-electron chi connectivity index (χ1n) is 5.52. The van der Waals surface area contributed by atoms with Crippen molar-refractivity contribution in [2.45, 2.75) is 19.0 Å². The Morgan fingerprint density at radius 1 is 1.31 bits per heavy atom. The molecule has 1 saturated heterocycles. The van der Waals surface area contributed by atoms with E-state index in [1.807, 2.05) is 18.2 Å². The van der Waals surface area contributed by atoms with Crippen molar-refractivity contribution in [3.05, 3.63) is 28.8 Å². The molecule has 2 rings (SSSR count). The van der Waals surface area contributed by atoms with Crippen LogP contribution in [0, 0.1) is 0 Å². The molecule has 0 aliphatic carbocycles. The van der Waals surface area contributed by atoms with Crippen LogP contribution in [0.3, 0.4) is 0 Å². The van der Waals surface area contributed by atoms with Gasteiger partial charge in [0, 0.05) is 30.2 Å². The van der Waals surface area contributed by atoms with Gasteiger partial charge in [0.1, 0.15) is 5.75 Å². The van der Waals surface area contributed by atoms with E-state index in [1.54, 1.807) is 7.11 Å². The van der Waals surface area contributed by atoms with Gasteiger partial charge < -0.3 is 15.4 Å². The molecule has 1 aromatic rings. The van der Waals surface area contributed by atoms with Gasteiger partial charge in [0.2, 0.25) is 0 Å². The maximum absolute atomic E-state index is 6.26. The topological polar surface area (TPSA) is 33.3 Å². The molecule has 2 N–H and O–H groups in total. The highest BCUT2D eigenvalue weighted by Gasteiger charge is 2.23. The highest BCUT2D eigenvalue weighted by Crippen LogP contribution is 2.29. The monoisotopic (exact) mass is 240 g/mol. The van der Waals surface area contributed by atoms with Gasteiger partial charge in [-0.05, 0) is 24.6 Å². The fourth-order valence-electron chi connectivity index (χ4n) is 2.09. The summed E-state index contributed by atoms with van der Waals surface area (Å²) in [6, 6.07) is 6.50. The Balaban J connectivity index is 2.25. The van der Waals surface area contributed by atoms with Gasteiger partial charge in [-0.15, -0.1) is 0 Å². The van der Waals surface area contributed by atoms with E-state index in [9.17, 15) is 0 Å². The Kier molecular flexibility index (Phi) is 3.69. The Labute approximate surface area is 101 Å². The van der Waals surface area contributed by atoms with Crippen LogP contribution in [-0.4, -0.2) is 26.2 Å². The lowest BCUT2D eigenvalue weighted by Gasteiger charge is -2.32. The number of benzene rings is 1. The Morgan fingerprint density at radius 3 is 2.69 bits per heavy atom. The Bertz CT molecular complexity index is 370. The summed E-state index contributed by atoms with van der Waals surface area (Å²) in [5.41, 5.74) is 1.13. The number of hydrogen-bond donors (Lipinski definition) is 2. The molecule has 2 unspecified atom stereocenters. The van der Waals surface area contributed by atoms with Gasteiger partial charge in [0.25, 0.3) is 0 Å². The molecule has 0 aromatic heterocycles. The van der Waals surface area contributed by atoms with Crippen LogP contribution < -0.4 is 15.4 Å². The summed E-state index contributed by atoms with van der Waals surface area (Å²) in [5.74, 6) is 0.796. The summed E-state index contributed by atoms with van der Waals surface area (Å²) in [7, 11) is 1.65. The van der Waals surface area contributed by atoms with Crippen LogP contribution in [0.2, 0.25) is 5.02 Å². The first kappa shape index (κ1) is 11.7. The summed E-state index contributed by atoms with van der Waals surface area (Å²) in [4.78, 5) is 0. The third kappa shape index (κ3) is 2.32. The fourth-order valence-corrected chi connectivity index (χ4v) is 2.38. The molecule has 0 radical (unpaired) electrons. The van der Waals surface area contributed by atoms with Crippen LogP contribution in [0.4, 0.5) is 0 Å². The number of rotatable bonds is 2. The second-order valence-corrected chi connectivity index (χ2v) is 4.47. The van der Waals surface area contributed by atoms with E-state index in [0.29, 0.717) is 6.04 Å². The highest BCUT2D eigenvalue weighted by molar-refractivity contribution is 6.31. The Hall–Kier alpha value is -0.770. The van der Waals surface area contributed by atoms with Crippen molar-refractivity contribution in [1.82, 2.24) is 10.6 Å². The zero-order chi connectivity index (χ0) is 11.5. The molecule has 1 heterocycles. The molecule has 0 amide bonds. The van der Waals surface area contributed by atoms with Crippen molar-refractivity contribution in [2.24, 2.45) is 0 Å². The molecule has 0 saturated carbocycles. The third-order valence-electron chi connectivity index (χ3n) is 3.00. The predicted molar refractivity (Wildman–Crippen MR) is 66.2 cm³/mol. The molecular weight excluding hydrogens is 224 g/mol. The quantitative estimate of drug-likeness (QED) is 0.829. The lowest BCUT2D eigenvalue weighted by atomic mass is 9.98. The van der Waals surface area contributed by atoms with Gasteiger partial charge in [0.15, 0.2) is 0 Å². The number of hydrogen-bond acceptors (Lipinski definition) is 3. The van der Waals surface area contributed by atoms with Crippen LogP contribution in [0.1, 0.15) is 18.5 Å². The van der Waals surface area contributed by atoms with Crippen LogP contribution in [0.15, 0.2) is 18.2 Å². The van der Waals surface area contributed by atoms with Crippen LogP contribution in [0.5, 0.6) is 5.75 Å². The van der Waals surface area contributed by atoms with Gasteiger partial charge in [0.05, 0.1) is 7.11 Å². The molecule has 16 heavy (non-hydrogen) atoms.